The van der Waals surface area contributed by atoms with E-state index in [9.17, 15) is 4.79 Å². The van der Waals surface area contributed by atoms with Gasteiger partial charge in [0.05, 0.1) is 35.2 Å². The highest BCUT2D eigenvalue weighted by Gasteiger charge is 2.32. The number of aromatic amines is 1. The van der Waals surface area contributed by atoms with Crippen molar-refractivity contribution in [3.8, 4) is 11.3 Å². The van der Waals surface area contributed by atoms with Crippen molar-refractivity contribution in [2.45, 2.75) is 26.2 Å². The number of carbonyl (C=O) groups is 1. The zero-order valence-electron chi connectivity index (χ0n) is 19.7. The number of anilines is 1. The summed E-state index contributed by atoms with van der Waals surface area (Å²) >= 11 is 0. The number of H-pyrrole nitrogens is 1. The normalized spacial score (nSPS) is 16.6. The van der Waals surface area contributed by atoms with Crippen molar-refractivity contribution in [3.63, 3.8) is 0 Å². The molecular weight excluding hydrogens is 452 g/mol. The minimum absolute atomic E-state index is 0.00452. The third-order valence-corrected chi connectivity index (χ3v) is 6.35. The Morgan fingerprint density at radius 1 is 1.14 bits per heavy atom. The summed E-state index contributed by atoms with van der Waals surface area (Å²) in [6.07, 6.45) is 15.0. The maximum absolute atomic E-state index is 12.0. The summed E-state index contributed by atoms with van der Waals surface area (Å²) in [4.78, 5) is 33.5. The largest absolute Gasteiger partial charge is 0.336 e. The van der Waals surface area contributed by atoms with Gasteiger partial charge in [0.1, 0.15) is 11.2 Å². The average Bonchev–Trinajstić information content (AvgIpc) is 3.53. The Hall–Kier alpha value is -4.66. The van der Waals surface area contributed by atoms with E-state index >= 15 is 0 Å². The molecule has 5 heterocycles. The molecule has 0 fully saturated rings. The molecule has 4 aromatic rings. The summed E-state index contributed by atoms with van der Waals surface area (Å²) in [6, 6.07) is 7.76. The van der Waals surface area contributed by atoms with Crippen LogP contribution < -0.4 is 10.7 Å². The highest BCUT2D eigenvalue weighted by Crippen LogP contribution is 2.36. The summed E-state index contributed by atoms with van der Waals surface area (Å²) in [5.41, 5.74) is 11.2. The lowest BCUT2D eigenvalue weighted by Crippen LogP contribution is -2.18. The SMILES string of the molecule is CCCC(=O)Nc1cncc(C2=CC=C3NN=C(c4nc5c(-c6ccccn6)cncc5[nH]4)C3C2)c1. The number of carbonyl (C=O) groups excluding carboxylic acids is 1. The molecule has 6 rings (SSSR count). The molecule has 0 saturated heterocycles. The summed E-state index contributed by atoms with van der Waals surface area (Å²) in [6.45, 7) is 1.98. The second-order valence-corrected chi connectivity index (χ2v) is 8.82. The van der Waals surface area contributed by atoms with Crippen molar-refractivity contribution in [1.29, 1.82) is 0 Å². The first-order valence-electron chi connectivity index (χ1n) is 11.9. The molecule has 36 heavy (non-hydrogen) atoms. The van der Waals surface area contributed by atoms with Gasteiger partial charge in [-0.3, -0.25) is 25.2 Å². The van der Waals surface area contributed by atoms with Gasteiger partial charge >= 0.3 is 0 Å². The number of hydrazone groups is 1. The predicted molar refractivity (Wildman–Crippen MR) is 139 cm³/mol. The number of allylic oxidation sites excluding steroid dienone is 4. The number of pyridine rings is 3. The zero-order valence-corrected chi connectivity index (χ0v) is 19.7. The summed E-state index contributed by atoms with van der Waals surface area (Å²) in [5.74, 6) is 0.723. The Morgan fingerprint density at radius 2 is 2.06 bits per heavy atom. The predicted octanol–water partition coefficient (Wildman–Crippen LogP) is 4.45. The van der Waals surface area contributed by atoms with Crippen molar-refractivity contribution in [2.24, 2.45) is 11.0 Å². The van der Waals surface area contributed by atoms with E-state index < -0.39 is 0 Å². The van der Waals surface area contributed by atoms with Gasteiger partial charge in [0.15, 0.2) is 5.82 Å². The fourth-order valence-corrected chi connectivity index (χ4v) is 4.60. The van der Waals surface area contributed by atoms with Gasteiger partial charge in [-0.15, -0.1) is 0 Å². The first-order chi connectivity index (χ1) is 17.7. The van der Waals surface area contributed by atoms with Crippen LogP contribution in [0.1, 0.15) is 37.6 Å². The van der Waals surface area contributed by atoms with Crippen LogP contribution in [0.2, 0.25) is 0 Å². The van der Waals surface area contributed by atoms with Crippen molar-refractivity contribution >= 4 is 33.9 Å². The molecule has 1 aliphatic carbocycles. The number of rotatable bonds is 6. The van der Waals surface area contributed by atoms with Crippen LogP contribution >= 0.6 is 0 Å². The zero-order chi connectivity index (χ0) is 24.5. The lowest BCUT2D eigenvalue weighted by Gasteiger charge is -2.19. The molecule has 4 aromatic heterocycles. The number of nitrogens with zero attached hydrogens (tertiary/aromatic N) is 5. The minimum atomic E-state index is -0.00452. The van der Waals surface area contributed by atoms with E-state index in [0.717, 1.165) is 57.7 Å². The molecule has 0 bridgehead atoms. The first kappa shape index (κ1) is 21.8. The lowest BCUT2D eigenvalue weighted by atomic mass is 9.85. The van der Waals surface area contributed by atoms with Crippen molar-refractivity contribution in [3.05, 3.63) is 84.5 Å². The number of aromatic nitrogens is 5. The third-order valence-electron chi connectivity index (χ3n) is 6.35. The van der Waals surface area contributed by atoms with Crippen LogP contribution in [0.25, 0.3) is 27.9 Å². The number of nitrogens with one attached hydrogen (secondary N) is 3. The minimum Gasteiger partial charge on any atom is -0.336 e. The second kappa shape index (κ2) is 9.18. The highest BCUT2D eigenvalue weighted by atomic mass is 16.1. The van der Waals surface area contributed by atoms with Crippen molar-refractivity contribution in [2.75, 3.05) is 5.32 Å². The highest BCUT2D eigenvalue weighted by molar-refractivity contribution is 6.06. The fraction of sp³-hybridized carbons (Fsp3) is 0.185. The topological polar surface area (TPSA) is 121 Å². The Bertz CT molecular complexity index is 1550. The van der Waals surface area contributed by atoms with E-state index in [0.29, 0.717) is 17.9 Å². The molecule has 3 N–H and O–H groups in total. The molecule has 1 unspecified atom stereocenters. The van der Waals surface area contributed by atoms with E-state index in [1.54, 1.807) is 24.8 Å². The molecule has 1 atom stereocenters. The monoisotopic (exact) mass is 476 g/mol. The number of imidazole rings is 1. The van der Waals surface area contributed by atoms with E-state index in [1.807, 2.05) is 43.5 Å². The van der Waals surface area contributed by atoms with Crippen LogP contribution in [0.5, 0.6) is 0 Å². The quantitative estimate of drug-likeness (QED) is 0.378. The van der Waals surface area contributed by atoms with Gasteiger partial charge in [-0.25, -0.2) is 4.98 Å². The van der Waals surface area contributed by atoms with Gasteiger partial charge in [0, 0.05) is 36.3 Å². The van der Waals surface area contributed by atoms with E-state index in [4.69, 9.17) is 4.98 Å². The Kier molecular flexibility index (Phi) is 5.57. The average molecular weight is 477 g/mol. The van der Waals surface area contributed by atoms with Crippen LogP contribution in [0, 0.1) is 5.92 Å². The second-order valence-electron chi connectivity index (χ2n) is 8.82. The smallest absolute Gasteiger partial charge is 0.224 e. The molecule has 9 nitrogen and oxygen atoms in total. The number of hydrogen-bond acceptors (Lipinski definition) is 7. The van der Waals surface area contributed by atoms with E-state index in [-0.39, 0.29) is 11.8 Å². The van der Waals surface area contributed by atoms with Gasteiger partial charge in [-0.05, 0) is 48.3 Å². The van der Waals surface area contributed by atoms with Gasteiger partial charge in [-0.2, -0.15) is 5.10 Å². The van der Waals surface area contributed by atoms with Crippen LogP contribution in [-0.2, 0) is 4.79 Å². The molecular formula is C27H24N8O. The van der Waals surface area contributed by atoms with Crippen LogP contribution in [-0.4, -0.2) is 36.5 Å². The Labute approximate surface area is 207 Å². The van der Waals surface area contributed by atoms with Gasteiger partial charge < -0.3 is 10.3 Å². The molecule has 0 aromatic carbocycles. The summed E-state index contributed by atoms with van der Waals surface area (Å²) in [7, 11) is 0. The third kappa shape index (κ3) is 4.04. The molecule has 2 aliphatic rings. The number of hydrogen-bond donors (Lipinski definition) is 3. The number of amides is 1. The molecule has 9 heteroatoms. The molecule has 178 valence electrons. The Morgan fingerprint density at radius 3 is 2.92 bits per heavy atom. The molecule has 1 amide bonds. The first-order valence-corrected chi connectivity index (χ1v) is 11.9. The lowest BCUT2D eigenvalue weighted by molar-refractivity contribution is -0.116. The van der Waals surface area contributed by atoms with Crippen LogP contribution in [0.3, 0.4) is 0 Å². The van der Waals surface area contributed by atoms with E-state index in [1.165, 1.54) is 0 Å². The molecule has 1 aliphatic heterocycles. The van der Waals surface area contributed by atoms with E-state index in [2.05, 4.69) is 41.9 Å². The van der Waals surface area contributed by atoms with Gasteiger partial charge in [-0.1, -0.05) is 19.1 Å². The van der Waals surface area contributed by atoms with Crippen LogP contribution in [0.4, 0.5) is 5.69 Å². The number of fused-ring (bicyclic) bond motifs is 2. The van der Waals surface area contributed by atoms with Crippen LogP contribution in [0.15, 0.2) is 78.2 Å². The Balaban J connectivity index is 1.28. The maximum atomic E-state index is 12.0. The standard InChI is InChI=1S/C27H24N8O/c1-2-5-24(36)31-18-10-17(12-28-13-18)16-7-8-22-19(11-16)26(35-34-22)27-32-23-15-29-14-20(25(23)33-27)21-6-3-4-9-30-21/h3-4,6-10,12-15,19,34H,2,5,11H2,1H3,(H,31,36)(H,32,33). The molecule has 0 saturated carbocycles. The van der Waals surface area contributed by atoms with Crippen molar-refractivity contribution in [1.82, 2.24) is 30.3 Å². The summed E-state index contributed by atoms with van der Waals surface area (Å²) in [5, 5.41) is 7.55. The fourth-order valence-electron chi connectivity index (χ4n) is 4.60. The molecule has 0 radical (unpaired) electrons. The van der Waals surface area contributed by atoms with Crippen molar-refractivity contribution < 1.29 is 4.79 Å². The van der Waals surface area contributed by atoms with Gasteiger partial charge in [0.25, 0.3) is 0 Å². The molecule has 0 spiro atoms. The maximum Gasteiger partial charge on any atom is 0.224 e. The van der Waals surface area contributed by atoms with Gasteiger partial charge in [0.2, 0.25) is 5.91 Å². The summed E-state index contributed by atoms with van der Waals surface area (Å²) < 4.78 is 0.